The zero-order valence-electron chi connectivity index (χ0n) is 13.1. The van der Waals surface area contributed by atoms with Crippen LogP contribution in [0.15, 0.2) is 6.33 Å². The van der Waals surface area contributed by atoms with E-state index in [-0.39, 0.29) is 11.7 Å². The number of carbonyl (C=O) groups excluding carboxylic acids is 2. The van der Waals surface area contributed by atoms with E-state index in [1.165, 1.54) is 4.90 Å². The number of aliphatic hydroxyl groups is 1. The summed E-state index contributed by atoms with van der Waals surface area (Å²) in [6, 6.07) is 0. The summed E-state index contributed by atoms with van der Waals surface area (Å²) in [4.78, 5) is 29.0. The number of carbonyl (C=O) groups is 2. The molecule has 0 aliphatic carbocycles. The zero-order chi connectivity index (χ0) is 16.0. The van der Waals surface area contributed by atoms with Crippen molar-refractivity contribution in [3.8, 4) is 0 Å². The van der Waals surface area contributed by atoms with Gasteiger partial charge in [0.25, 0.3) is 5.91 Å². The van der Waals surface area contributed by atoms with Crippen molar-refractivity contribution in [2.75, 3.05) is 18.9 Å². The van der Waals surface area contributed by atoms with Crippen molar-refractivity contribution >= 4 is 17.5 Å². The van der Waals surface area contributed by atoms with Crippen molar-refractivity contribution < 1.29 is 14.7 Å². The Balaban J connectivity index is 2.78. The minimum absolute atomic E-state index is 0.133. The molecule has 118 valence electrons. The maximum Gasteiger partial charge on any atom is 0.276 e. The van der Waals surface area contributed by atoms with Crippen LogP contribution in [0.2, 0.25) is 0 Å². The van der Waals surface area contributed by atoms with Crippen molar-refractivity contribution in [3.63, 3.8) is 0 Å². The van der Waals surface area contributed by atoms with Crippen LogP contribution in [-0.4, -0.2) is 51.1 Å². The first kappa shape index (κ1) is 17.2. The van der Waals surface area contributed by atoms with Crippen LogP contribution in [0.3, 0.4) is 0 Å². The number of aryl methyl sites for hydroxylation is 1. The summed E-state index contributed by atoms with van der Waals surface area (Å²) >= 11 is 0. The fourth-order valence-electron chi connectivity index (χ4n) is 2.12. The molecule has 0 aromatic carbocycles. The fraction of sp³-hybridized carbons (Fsp3) is 0.643. The largest absolute Gasteiger partial charge is 0.374 e. The van der Waals surface area contributed by atoms with Crippen molar-refractivity contribution in [2.24, 2.45) is 7.05 Å². The summed E-state index contributed by atoms with van der Waals surface area (Å²) in [6.45, 7) is 3.50. The highest BCUT2D eigenvalue weighted by Crippen LogP contribution is 2.16. The molecule has 1 amide bonds. The van der Waals surface area contributed by atoms with E-state index < -0.39 is 6.23 Å². The standard InChI is InChI=1S/C14H24N4O3/c1-10(19)7-5-6-8-18(11(2)20)14(21)12-13(15-3)16-9-17(12)4/h9,11,15,20H,5-8H2,1-4H3. The van der Waals surface area contributed by atoms with Gasteiger partial charge in [0.2, 0.25) is 0 Å². The number of imidazole rings is 1. The molecule has 0 spiro atoms. The lowest BCUT2D eigenvalue weighted by atomic mass is 10.2. The summed E-state index contributed by atoms with van der Waals surface area (Å²) in [6.07, 6.45) is 2.53. The molecule has 1 heterocycles. The number of hydrogen-bond donors (Lipinski definition) is 2. The predicted molar refractivity (Wildman–Crippen MR) is 80.0 cm³/mol. The second kappa shape index (κ2) is 7.78. The van der Waals surface area contributed by atoms with Gasteiger partial charge in [-0.15, -0.1) is 0 Å². The number of aromatic nitrogens is 2. The van der Waals surface area contributed by atoms with Crippen molar-refractivity contribution in [1.82, 2.24) is 14.5 Å². The van der Waals surface area contributed by atoms with E-state index in [1.54, 1.807) is 38.8 Å². The predicted octanol–water partition coefficient (Wildman–Crippen LogP) is 1.00. The number of nitrogens with one attached hydrogen (secondary N) is 1. The number of hydrogen-bond acceptors (Lipinski definition) is 5. The van der Waals surface area contributed by atoms with E-state index in [2.05, 4.69) is 10.3 Å². The molecule has 0 saturated carbocycles. The molecule has 1 aromatic rings. The fourth-order valence-corrected chi connectivity index (χ4v) is 2.12. The average Bonchev–Trinajstić information content (AvgIpc) is 2.78. The molecule has 1 atom stereocenters. The van der Waals surface area contributed by atoms with E-state index in [4.69, 9.17) is 0 Å². The summed E-state index contributed by atoms with van der Waals surface area (Å²) in [5.41, 5.74) is 0.407. The Morgan fingerprint density at radius 2 is 2.14 bits per heavy atom. The minimum Gasteiger partial charge on any atom is -0.374 e. The second-order valence-corrected chi connectivity index (χ2v) is 5.09. The highest BCUT2D eigenvalue weighted by Gasteiger charge is 2.25. The van der Waals surface area contributed by atoms with Gasteiger partial charge in [-0.3, -0.25) is 4.79 Å². The van der Waals surface area contributed by atoms with Crippen LogP contribution in [0.4, 0.5) is 5.82 Å². The number of aliphatic hydroxyl groups excluding tert-OH is 1. The summed E-state index contributed by atoms with van der Waals surface area (Å²) in [5, 5.41) is 12.7. The molecule has 0 radical (unpaired) electrons. The third-order valence-electron chi connectivity index (χ3n) is 3.27. The number of amides is 1. The molecular formula is C14H24N4O3. The number of ketones is 1. The Bertz CT molecular complexity index is 496. The molecule has 1 unspecified atom stereocenters. The van der Waals surface area contributed by atoms with Crippen LogP contribution >= 0.6 is 0 Å². The monoisotopic (exact) mass is 296 g/mol. The molecule has 7 nitrogen and oxygen atoms in total. The topological polar surface area (TPSA) is 87.5 Å². The summed E-state index contributed by atoms with van der Waals surface area (Å²) < 4.78 is 1.62. The molecule has 0 bridgehead atoms. The molecule has 0 fully saturated rings. The first-order valence-electron chi connectivity index (χ1n) is 7.06. The molecular weight excluding hydrogens is 272 g/mol. The maximum atomic E-state index is 12.6. The highest BCUT2D eigenvalue weighted by molar-refractivity contribution is 5.97. The Labute approximate surface area is 125 Å². The molecule has 1 aromatic heterocycles. The van der Waals surface area contributed by atoms with Crippen LogP contribution in [-0.2, 0) is 11.8 Å². The molecule has 2 N–H and O–H groups in total. The van der Waals surface area contributed by atoms with Gasteiger partial charge in [0, 0.05) is 27.1 Å². The highest BCUT2D eigenvalue weighted by atomic mass is 16.3. The van der Waals surface area contributed by atoms with Crippen LogP contribution < -0.4 is 5.32 Å². The van der Waals surface area contributed by atoms with E-state index >= 15 is 0 Å². The first-order chi connectivity index (χ1) is 9.88. The van der Waals surface area contributed by atoms with E-state index in [9.17, 15) is 14.7 Å². The number of anilines is 1. The molecule has 21 heavy (non-hydrogen) atoms. The third-order valence-corrected chi connectivity index (χ3v) is 3.27. The summed E-state index contributed by atoms with van der Waals surface area (Å²) in [7, 11) is 3.43. The number of nitrogens with zero attached hydrogens (tertiary/aromatic N) is 3. The molecule has 0 aliphatic rings. The minimum atomic E-state index is -0.894. The molecule has 0 saturated heterocycles. The van der Waals surface area contributed by atoms with Crippen molar-refractivity contribution in [2.45, 2.75) is 39.3 Å². The Morgan fingerprint density at radius 3 is 2.67 bits per heavy atom. The van der Waals surface area contributed by atoms with Crippen molar-refractivity contribution in [3.05, 3.63) is 12.0 Å². The van der Waals surface area contributed by atoms with Gasteiger partial charge in [0.15, 0.2) is 11.5 Å². The Kier molecular flexibility index (Phi) is 6.36. The lowest BCUT2D eigenvalue weighted by molar-refractivity contribution is -0.117. The quantitative estimate of drug-likeness (QED) is 0.552. The number of rotatable bonds is 8. The lowest BCUT2D eigenvalue weighted by Crippen LogP contribution is -2.40. The SMILES string of the molecule is CNc1ncn(C)c1C(=O)N(CCCCC(C)=O)C(C)O. The lowest BCUT2D eigenvalue weighted by Gasteiger charge is -2.26. The van der Waals surface area contributed by atoms with Gasteiger partial charge in [-0.05, 0) is 26.7 Å². The van der Waals surface area contributed by atoms with Gasteiger partial charge < -0.3 is 24.7 Å². The van der Waals surface area contributed by atoms with Crippen molar-refractivity contribution in [1.29, 1.82) is 0 Å². The van der Waals surface area contributed by atoms with Gasteiger partial charge in [-0.1, -0.05) is 0 Å². The van der Waals surface area contributed by atoms with Gasteiger partial charge in [-0.25, -0.2) is 4.98 Å². The maximum absolute atomic E-state index is 12.6. The number of Topliss-reactive ketones (excluding diaryl/α,β-unsaturated/α-hetero) is 1. The third kappa shape index (κ3) is 4.56. The molecule has 0 aliphatic heterocycles. The van der Waals surface area contributed by atoms with Crippen LogP contribution in [0.1, 0.15) is 43.6 Å². The summed E-state index contributed by atoms with van der Waals surface area (Å²) in [5.74, 6) is 0.336. The van der Waals surface area contributed by atoms with Gasteiger partial charge in [-0.2, -0.15) is 0 Å². The Morgan fingerprint density at radius 1 is 1.48 bits per heavy atom. The van der Waals surface area contributed by atoms with Crippen LogP contribution in [0.5, 0.6) is 0 Å². The zero-order valence-corrected chi connectivity index (χ0v) is 13.1. The average molecular weight is 296 g/mol. The Hall–Kier alpha value is -1.89. The number of unbranched alkanes of at least 4 members (excludes halogenated alkanes) is 1. The second-order valence-electron chi connectivity index (χ2n) is 5.09. The van der Waals surface area contributed by atoms with Gasteiger partial charge in [0.05, 0.1) is 6.33 Å². The molecule has 1 rings (SSSR count). The van der Waals surface area contributed by atoms with E-state index in [0.29, 0.717) is 37.3 Å². The van der Waals surface area contributed by atoms with E-state index in [1.807, 2.05) is 0 Å². The van der Waals surface area contributed by atoms with Crippen LogP contribution in [0.25, 0.3) is 0 Å². The van der Waals surface area contributed by atoms with Gasteiger partial charge in [0.1, 0.15) is 12.0 Å². The normalized spacial score (nSPS) is 12.0. The van der Waals surface area contributed by atoms with Crippen LogP contribution in [0, 0.1) is 0 Å². The smallest absolute Gasteiger partial charge is 0.276 e. The molecule has 7 heteroatoms. The first-order valence-corrected chi connectivity index (χ1v) is 7.06. The van der Waals surface area contributed by atoms with Gasteiger partial charge >= 0.3 is 0 Å². The van der Waals surface area contributed by atoms with E-state index in [0.717, 1.165) is 0 Å².